The van der Waals surface area contributed by atoms with Crippen LogP contribution in [0.5, 0.6) is 0 Å². The van der Waals surface area contributed by atoms with Gasteiger partial charge in [0, 0.05) is 18.7 Å². The van der Waals surface area contributed by atoms with E-state index in [0.717, 1.165) is 0 Å². The Morgan fingerprint density at radius 2 is 2.29 bits per heavy atom. The number of benzene rings is 1. The second-order valence-electron chi connectivity index (χ2n) is 2.65. The molecule has 74 valence electrons. The second kappa shape index (κ2) is 3.73. The Bertz CT molecular complexity index is 389. The monoisotopic (exact) mass is 194 g/mol. The molecule has 1 aromatic rings. The summed E-state index contributed by atoms with van der Waals surface area (Å²) in [6.45, 7) is 0. The van der Waals surface area contributed by atoms with Gasteiger partial charge in [-0.25, -0.2) is 0 Å². The van der Waals surface area contributed by atoms with E-state index in [2.05, 4.69) is 5.32 Å². The van der Waals surface area contributed by atoms with E-state index in [9.17, 15) is 10.1 Å². The first kappa shape index (κ1) is 9.97. The SMILES string of the molecule is CNc1ccc(C(=N)N)cc1[N+](=O)[O-]. The van der Waals surface area contributed by atoms with Crippen LogP contribution in [0.15, 0.2) is 18.2 Å². The highest BCUT2D eigenvalue weighted by Gasteiger charge is 2.13. The number of nitrogen functional groups attached to an aromatic ring is 1. The van der Waals surface area contributed by atoms with Crippen LogP contribution >= 0.6 is 0 Å². The van der Waals surface area contributed by atoms with Crippen LogP contribution in [0, 0.1) is 15.5 Å². The first-order chi connectivity index (χ1) is 6.56. The minimum absolute atomic E-state index is 0.0831. The molecule has 0 aromatic heterocycles. The van der Waals surface area contributed by atoms with Crippen molar-refractivity contribution in [3.63, 3.8) is 0 Å². The highest BCUT2D eigenvalue weighted by Crippen LogP contribution is 2.24. The van der Waals surface area contributed by atoms with Gasteiger partial charge in [-0.2, -0.15) is 0 Å². The van der Waals surface area contributed by atoms with E-state index in [1.54, 1.807) is 13.1 Å². The van der Waals surface area contributed by atoms with Crippen LogP contribution < -0.4 is 11.1 Å². The summed E-state index contributed by atoms with van der Waals surface area (Å²) in [5.74, 6) is -0.184. The quantitative estimate of drug-likeness (QED) is 0.288. The van der Waals surface area contributed by atoms with Gasteiger partial charge in [-0.1, -0.05) is 0 Å². The molecule has 14 heavy (non-hydrogen) atoms. The molecule has 6 heteroatoms. The number of anilines is 1. The van der Waals surface area contributed by atoms with Crippen LogP contribution in [-0.4, -0.2) is 17.8 Å². The maximum atomic E-state index is 10.6. The molecule has 1 aromatic carbocycles. The van der Waals surface area contributed by atoms with E-state index in [0.29, 0.717) is 11.3 Å². The molecule has 0 amide bonds. The number of hydrogen-bond donors (Lipinski definition) is 3. The summed E-state index contributed by atoms with van der Waals surface area (Å²) in [5, 5.41) is 20.4. The summed E-state index contributed by atoms with van der Waals surface area (Å²) >= 11 is 0. The fourth-order valence-electron chi connectivity index (χ4n) is 1.06. The Balaban J connectivity index is 3.27. The van der Waals surface area contributed by atoms with Gasteiger partial charge in [-0.3, -0.25) is 15.5 Å². The van der Waals surface area contributed by atoms with Gasteiger partial charge in [-0.15, -0.1) is 0 Å². The van der Waals surface area contributed by atoms with Gasteiger partial charge < -0.3 is 11.1 Å². The zero-order valence-corrected chi connectivity index (χ0v) is 7.57. The standard InChI is InChI=1S/C8H10N4O2/c1-11-6-3-2-5(8(9)10)4-7(6)12(13)14/h2-4,11H,1H3,(H3,9,10). The minimum Gasteiger partial charge on any atom is -0.384 e. The van der Waals surface area contributed by atoms with Gasteiger partial charge >= 0.3 is 0 Å². The lowest BCUT2D eigenvalue weighted by Gasteiger charge is -2.03. The molecule has 0 fully saturated rings. The third-order valence-corrected chi connectivity index (χ3v) is 1.77. The smallest absolute Gasteiger partial charge is 0.293 e. The number of nitrogens with two attached hydrogens (primary N) is 1. The Hall–Kier alpha value is -2.11. The second-order valence-corrected chi connectivity index (χ2v) is 2.65. The van der Waals surface area contributed by atoms with Gasteiger partial charge in [0.15, 0.2) is 0 Å². The number of rotatable bonds is 3. The summed E-state index contributed by atoms with van der Waals surface area (Å²) in [5.41, 5.74) is 5.88. The Kier molecular flexibility index (Phi) is 2.66. The Morgan fingerprint density at radius 3 is 2.71 bits per heavy atom. The zero-order valence-electron chi connectivity index (χ0n) is 7.57. The van der Waals surface area contributed by atoms with Crippen molar-refractivity contribution in [2.45, 2.75) is 0 Å². The maximum absolute atomic E-state index is 10.6. The first-order valence-electron chi connectivity index (χ1n) is 3.87. The molecule has 0 aliphatic rings. The van der Waals surface area contributed by atoms with Gasteiger partial charge in [0.05, 0.1) is 4.92 Å². The predicted molar refractivity (Wildman–Crippen MR) is 53.7 cm³/mol. The number of hydrogen-bond acceptors (Lipinski definition) is 4. The molecular weight excluding hydrogens is 184 g/mol. The average molecular weight is 194 g/mol. The van der Waals surface area contributed by atoms with Crippen LogP contribution in [0.25, 0.3) is 0 Å². The van der Waals surface area contributed by atoms with E-state index in [-0.39, 0.29) is 11.5 Å². The van der Waals surface area contributed by atoms with Crippen molar-refractivity contribution in [2.24, 2.45) is 5.73 Å². The van der Waals surface area contributed by atoms with E-state index < -0.39 is 4.92 Å². The molecule has 0 unspecified atom stereocenters. The van der Waals surface area contributed by atoms with Crippen molar-refractivity contribution >= 4 is 17.2 Å². The highest BCUT2D eigenvalue weighted by atomic mass is 16.6. The lowest BCUT2D eigenvalue weighted by molar-refractivity contribution is -0.383. The van der Waals surface area contributed by atoms with Gasteiger partial charge in [-0.05, 0) is 12.1 Å². The van der Waals surface area contributed by atoms with Crippen molar-refractivity contribution in [3.05, 3.63) is 33.9 Å². The fraction of sp³-hybridized carbons (Fsp3) is 0.125. The number of nitrogens with zero attached hydrogens (tertiary/aromatic N) is 1. The Morgan fingerprint density at radius 1 is 1.64 bits per heavy atom. The third-order valence-electron chi connectivity index (χ3n) is 1.77. The summed E-state index contributed by atoms with van der Waals surface area (Å²) in [4.78, 5) is 10.1. The van der Waals surface area contributed by atoms with Gasteiger partial charge in [0.25, 0.3) is 5.69 Å². The minimum atomic E-state index is -0.516. The average Bonchev–Trinajstić information content (AvgIpc) is 2.16. The molecule has 0 atom stereocenters. The number of nitro groups is 1. The molecular formula is C8H10N4O2. The molecule has 6 nitrogen and oxygen atoms in total. The molecule has 0 radical (unpaired) electrons. The first-order valence-corrected chi connectivity index (χ1v) is 3.87. The van der Waals surface area contributed by atoms with Crippen molar-refractivity contribution in [3.8, 4) is 0 Å². The van der Waals surface area contributed by atoms with Crippen LogP contribution in [0.1, 0.15) is 5.56 Å². The summed E-state index contributed by atoms with van der Waals surface area (Å²) in [6, 6.07) is 4.35. The molecule has 0 bridgehead atoms. The fourth-order valence-corrected chi connectivity index (χ4v) is 1.06. The highest BCUT2D eigenvalue weighted by molar-refractivity contribution is 5.96. The molecule has 1 rings (SSSR count). The van der Waals surface area contributed by atoms with Gasteiger partial charge in [0.2, 0.25) is 0 Å². The van der Waals surface area contributed by atoms with E-state index in [1.807, 2.05) is 0 Å². The van der Waals surface area contributed by atoms with Crippen LogP contribution in [0.4, 0.5) is 11.4 Å². The molecule has 0 aliphatic heterocycles. The van der Waals surface area contributed by atoms with Crippen LogP contribution in [0.2, 0.25) is 0 Å². The number of nitrogens with one attached hydrogen (secondary N) is 2. The van der Waals surface area contributed by atoms with E-state index in [4.69, 9.17) is 11.1 Å². The third kappa shape index (κ3) is 1.79. The zero-order chi connectivity index (χ0) is 10.7. The lowest BCUT2D eigenvalue weighted by Crippen LogP contribution is -2.11. The van der Waals surface area contributed by atoms with Crippen molar-refractivity contribution in [1.29, 1.82) is 5.41 Å². The molecule has 0 saturated carbocycles. The van der Waals surface area contributed by atoms with Crippen LogP contribution in [0.3, 0.4) is 0 Å². The number of nitro benzene ring substituents is 1. The largest absolute Gasteiger partial charge is 0.384 e. The van der Waals surface area contributed by atoms with Crippen molar-refractivity contribution in [2.75, 3.05) is 12.4 Å². The summed E-state index contributed by atoms with van der Waals surface area (Å²) in [7, 11) is 1.59. The molecule has 0 saturated heterocycles. The number of amidine groups is 1. The maximum Gasteiger partial charge on any atom is 0.293 e. The predicted octanol–water partition coefficient (Wildman–Crippen LogP) is 0.921. The van der Waals surface area contributed by atoms with E-state index in [1.165, 1.54) is 12.1 Å². The Labute approximate surface area is 80.4 Å². The van der Waals surface area contributed by atoms with Crippen molar-refractivity contribution in [1.82, 2.24) is 0 Å². The lowest BCUT2D eigenvalue weighted by atomic mass is 10.1. The molecule has 0 aliphatic carbocycles. The molecule has 0 spiro atoms. The van der Waals surface area contributed by atoms with E-state index >= 15 is 0 Å². The van der Waals surface area contributed by atoms with Crippen molar-refractivity contribution < 1.29 is 4.92 Å². The normalized spacial score (nSPS) is 9.50. The topological polar surface area (TPSA) is 105 Å². The summed E-state index contributed by atoms with van der Waals surface area (Å²) in [6.07, 6.45) is 0. The molecule has 4 N–H and O–H groups in total. The molecule has 0 heterocycles. The van der Waals surface area contributed by atoms with Crippen LogP contribution in [-0.2, 0) is 0 Å². The summed E-state index contributed by atoms with van der Waals surface area (Å²) < 4.78 is 0. The van der Waals surface area contributed by atoms with Gasteiger partial charge in [0.1, 0.15) is 11.5 Å².